The highest BCUT2D eigenvalue weighted by atomic mass is 35.7. The smallest absolute Gasteiger partial charge is 0.337 e. The van der Waals surface area contributed by atoms with Gasteiger partial charge in [-0.25, -0.2) is 13.2 Å². The van der Waals surface area contributed by atoms with Crippen molar-refractivity contribution in [1.29, 1.82) is 0 Å². The van der Waals surface area contributed by atoms with Crippen LogP contribution in [0.3, 0.4) is 0 Å². The van der Waals surface area contributed by atoms with Crippen LogP contribution in [0.5, 0.6) is 0 Å². The minimum Gasteiger partial charge on any atom is -0.465 e. The van der Waals surface area contributed by atoms with Crippen LogP contribution in [0.4, 0.5) is 0 Å². The number of carbonyl (C=O) groups is 1. The van der Waals surface area contributed by atoms with E-state index in [2.05, 4.69) is 4.74 Å². The summed E-state index contributed by atoms with van der Waals surface area (Å²) in [5.74, 6) is -0.506. The van der Waals surface area contributed by atoms with Gasteiger partial charge in [-0.2, -0.15) is 0 Å². The van der Waals surface area contributed by atoms with Crippen molar-refractivity contribution in [3.63, 3.8) is 0 Å². The van der Waals surface area contributed by atoms with Gasteiger partial charge >= 0.3 is 5.97 Å². The summed E-state index contributed by atoms with van der Waals surface area (Å²) >= 11 is 0. The molecule has 7 heteroatoms. The van der Waals surface area contributed by atoms with E-state index in [1.54, 1.807) is 0 Å². The predicted octanol–water partition coefficient (Wildman–Crippen LogP) is 0.999. The molecule has 0 aliphatic rings. The van der Waals surface area contributed by atoms with E-state index in [-0.39, 0.29) is 0 Å². The van der Waals surface area contributed by atoms with Crippen molar-refractivity contribution in [2.45, 2.75) is 5.37 Å². The van der Waals surface area contributed by atoms with Gasteiger partial charge in [0.15, 0.2) is 0 Å². The Balaban J connectivity index is 3.00. The number of esters is 1. The largest absolute Gasteiger partial charge is 0.465 e. The standard InChI is InChI=1S/C9H10ClNO4S/c1-15-9(12)7-4-2-6(3-5-7)8(11)16(10,13)14/h2-5,8H,11H2,1H3. The van der Waals surface area contributed by atoms with E-state index in [1.807, 2.05) is 0 Å². The maximum atomic E-state index is 11.1. The Bertz CT molecular complexity index is 483. The Labute approximate surface area is 97.6 Å². The molecule has 0 saturated carbocycles. The monoisotopic (exact) mass is 263 g/mol. The molecule has 0 aliphatic heterocycles. The molecular weight excluding hydrogens is 254 g/mol. The number of ether oxygens (including phenoxy) is 1. The number of carbonyl (C=O) groups excluding carboxylic acids is 1. The lowest BCUT2D eigenvalue weighted by Crippen LogP contribution is -2.17. The fourth-order valence-corrected chi connectivity index (χ4v) is 1.88. The normalized spacial score (nSPS) is 13.2. The molecule has 0 spiro atoms. The second-order valence-corrected chi connectivity index (χ2v) is 5.76. The van der Waals surface area contributed by atoms with Crippen LogP contribution >= 0.6 is 10.7 Å². The molecule has 16 heavy (non-hydrogen) atoms. The van der Waals surface area contributed by atoms with Crippen LogP contribution in [-0.4, -0.2) is 21.5 Å². The molecule has 0 saturated heterocycles. The van der Waals surface area contributed by atoms with Crippen LogP contribution in [0, 0.1) is 0 Å². The van der Waals surface area contributed by atoms with Gasteiger partial charge < -0.3 is 10.5 Å². The summed E-state index contributed by atoms with van der Waals surface area (Å²) in [4.78, 5) is 11.1. The van der Waals surface area contributed by atoms with E-state index in [4.69, 9.17) is 16.4 Å². The van der Waals surface area contributed by atoms with E-state index in [9.17, 15) is 13.2 Å². The molecule has 1 atom stereocenters. The summed E-state index contributed by atoms with van der Waals surface area (Å²) < 4.78 is 26.4. The van der Waals surface area contributed by atoms with Gasteiger partial charge in [0.1, 0.15) is 5.37 Å². The summed E-state index contributed by atoms with van der Waals surface area (Å²) in [5.41, 5.74) is 6.01. The molecule has 88 valence electrons. The highest BCUT2D eigenvalue weighted by Gasteiger charge is 2.20. The third-order valence-corrected chi connectivity index (χ3v) is 3.42. The highest BCUT2D eigenvalue weighted by molar-refractivity contribution is 8.13. The van der Waals surface area contributed by atoms with E-state index in [1.165, 1.54) is 31.4 Å². The average molecular weight is 264 g/mol. The molecule has 5 nitrogen and oxygen atoms in total. The Morgan fingerprint density at radius 3 is 2.25 bits per heavy atom. The van der Waals surface area contributed by atoms with Gasteiger partial charge in [0, 0.05) is 10.7 Å². The van der Waals surface area contributed by atoms with Crippen LogP contribution in [0.25, 0.3) is 0 Å². The van der Waals surface area contributed by atoms with Crippen molar-refractivity contribution in [3.8, 4) is 0 Å². The Kier molecular flexibility index (Phi) is 3.90. The number of halogens is 1. The summed E-state index contributed by atoms with van der Waals surface area (Å²) in [6.07, 6.45) is 0. The fourth-order valence-electron chi connectivity index (χ4n) is 1.09. The second-order valence-electron chi connectivity index (χ2n) is 3.01. The molecule has 0 bridgehead atoms. The van der Waals surface area contributed by atoms with Gasteiger partial charge in [0.05, 0.1) is 12.7 Å². The second kappa shape index (κ2) is 4.82. The first-order valence-electron chi connectivity index (χ1n) is 4.23. The maximum Gasteiger partial charge on any atom is 0.337 e. The Morgan fingerprint density at radius 1 is 1.38 bits per heavy atom. The van der Waals surface area contributed by atoms with Crippen LogP contribution in [0.1, 0.15) is 21.3 Å². The summed E-state index contributed by atoms with van der Waals surface area (Å²) in [5, 5.41) is -1.30. The zero-order chi connectivity index (χ0) is 12.3. The highest BCUT2D eigenvalue weighted by Crippen LogP contribution is 2.20. The molecule has 0 fully saturated rings. The number of benzene rings is 1. The van der Waals surface area contributed by atoms with Crippen molar-refractivity contribution >= 4 is 25.7 Å². The van der Waals surface area contributed by atoms with Crippen LogP contribution in [-0.2, 0) is 13.8 Å². The van der Waals surface area contributed by atoms with E-state index < -0.39 is 20.4 Å². The predicted molar refractivity (Wildman–Crippen MR) is 59.5 cm³/mol. The van der Waals surface area contributed by atoms with Gasteiger partial charge in [-0.15, -0.1) is 0 Å². The van der Waals surface area contributed by atoms with Gasteiger partial charge in [0.25, 0.3) is 9.05 Å². The average Bonchev–Trinajstić information content (AvgIpc) is 2.26. The topological polar surface area (TPSA) is 86.5 Å². The van der Waals surface area contributed by atoms with Crippen molar-refractivity contribution < 1.29 is 17.9 Å². The molecule has 1 aromatic carbocycles. The van der Waals surface area contributed by atoms with E-state index in [0.717, 1.165) is 0 Å². The van der Waals surface area contributed by atoms with E-state index in [0.29, 0.717) is 11.1 Å². The Morgan fingerprint density at radius 2 is 1.88 bits per heavy atom. The molecule has 1 unspecified atom stereocenters. The minimum atomic E-state index is -3.86. The molecule has 0 amide bonds. The van der Waals surface area contributed by atoms with Crippen LogP contribution in [0.15, 0.2) is 24.3 Å². The SMILES string of the molecule is COC(=O)c1ccc(C(N)S(=O)(=O)Cl)cc1. The van der Waals surface area contributed by atoms with E-state index >= 15 is 0 Å². The first-order valence-corrected chi connectivity index (χ1v) is 6.61. The maximum absolute atomic E-state index is 11.1. The first kappa shape index (κ1) is 13.0. The fraction of sp³-hybridized carbons (Fsp3) is 0.222. The molecule has 0 aromatic heterocycles. The van der Waals surface area contributed by atoms with Gasteiger partial charge in [-0.05, 0) is 17.7 Å². The summed E-state index contributed by atoms with van der Waals surface area (Å²) in [6.45, 7) is 0. The molecule has 1 rings (SSSR count). The minimum absolute atomic E-state index is 0.308. The zero-order valence-corrected chi connectivity index (χ0v) is 9.96. The van der Waals surface area contributed by atoms with Gasteiger partial charge in [-0.3, -0.25) is 0 Å². The zero-order valence-electron chi connectivity index (χ0n) is 8.38. The van der Waals surface area contributed by atoms with Crippen LogP contribution < -0.4 is 5.73 Å². The number of hydrogen-bond acceptors (Lipinski definition) is 5. The van der Waals surface area contributed by atoms with Crippen molar-refractivity contribution in [1.82, 2.24) is 0 Å². The number of nitrogens with two attached hydrogens (primary N) is 1. The third kappa shape index (κ3) is 2.94. The lowest BCUT2D eigenvalue weighted by atomic mass is 10.1. The number of rotatable bonds is 3. The molecule has 0 radical (unpaired) electrons. The molecule has 0 heterocycles. The van der Waals surface area contributed by atoms with Crippen molar-refractivity contribution in [2.24, 2.45) is 5.73 Å². The molecule has 0 aliphatic carbocycles. The van der Waals surface area contributed by atoms with Crippen molar-refractivity contribution in [3.05, 3.63) is 35.4 Å². The van der Waals surface area contributed by atoms with Gasteiger partial charge in [0.2, 0.25) is 0 Å². The molecule has 2 N–H and O–H groups in total. The molecular formula is C9H10ClNO4S. The van der Waals surface area contributed by atoms with Gasteiger partial charge in [-0.1, -0.05) is 12.1 Å². The third-order valence-electron chi connectivity index (χ3n) is 1.96. The van der Waals surface area contributed by atoms with Crippen molar-refractivity contribution in [2.75, 3.05) is 7.11 Å². The first-order chi connectivity index (χ1) is 7.36. The quantitative estimate of drug-likeness (QED) is 0.649. The summed E-state index contributed by atoms with van der Waals surface area (Å²) in [6, 6.07) is 5.67. The lowest BCUT2D eigenvalue weighted by Gasteiger charge is -2.08. The number of methoxy groups -OCH3 is 1. The Hall–Kier alpha value is -1.11. The van der Waals surface area contributed by atoms with Crippen LogP contribution in [0.2, 0.25) is 0 Å². The lowest BCUT2D eigenvalue weighted by molar-refractivity contribution is 0.0600. The molecule has 1 aromatic rings. The number of hydrogen-bond donors (Lipinski definition) is 1. The summed E-state index contributed by atoms with van der Waals surface area (Å²) in [7, 11) is 2.50.